The molecule has 1 aliphatic carbocycles. The smallest absolute Gasteiger partial charge is 0.243 e. The van der Waals surface area contributed by atoms with Crippen LogP contribution in [0.2, 0.25) is 0 Å². The van der Waals surface area contributed by atoms with Crippen molar-refractivity contribution in [2.75, 3.05) is 26.3 Å². The van der Waals surface area contributed by atoms with E-state index >= 15 is 0 Å². The minimum absolute atomic E-state index is 0.000563. The minimum Gasteiger partial charge on any atom is -0.394 e. The van der Waals surface area contributed by atoms with Gasteiger partial charge in [0.1, 0.15) is 5.41 Å². The number of piperidine rings is 1. The summed E-state index contributed by atoms with van der Waals surface area (Å²) in [5.41, 5.74) is -0.696. The Morgan fingerprint density at radius 2 is 2.12 bits per heavy atom. The predicted molar refractivity (Wildman–Crippen MR) is 59.9 cm³/mol. The molecule has 0 aromatic heterocycles. The van der Waals surface area contributed by atoms with Gasteiger partial charge in [0.2, 0.25) is 5.91 Å². The zero-order valence-electron chi connectivity index (χ0n) is 9.89. The first kappa shape index (κ1) is 12.3. The Hall–Kier alpha value is -1.12. The summed E-state index contributed by atoms with van der Waals surface area (Å²) in [5, 5.41) is 17.6. The predicted octanol–water partition coefficient (Wildman–Crippen LogP) is 0.290. The lowest BCUT2D eigenvalue weighted by Gasteiger charge is -2.33. The number of rotatable bonds is 4. The van der Waals surface area contributed by atoms with E-state index in [0.717, 1.165) is 12.8 Å². The summed E-state index contributed by atoms with van der Waals surface area (Å²) in [5.74, 6) is 0.000563. The van der Waals surface area contributed by atoms with Gasteiger partial charge in [0, 0.05) is 13.1 Å². The van der Waals surface area contributed by atoms with Crippen LogP contribution in [-0.2, 0) is 9.53 Å². The minimum atomic E-state index is -0.696. The lowest BCUT2D eigenvalue weighted by atomic mass is 10.0. The van der Waals surface area contributed by atoms with E-state index in [2.05, 4.69) is 6.07 Å². The highest BCUT2D eigenvalue weighted by Crippen LogP contribution is 2.46. The highest BCUT2D eigenvalue weighted by molar-refractivity contribution is 5.88. The van der Waals surface area contributed by atoms with E-state index in [9.17, 15) is 4.79 Å². The Morgan fingerprint density at radius 3 is 2.59 bits per heavy atom. The number of hydrogen-bond acceptors (Lipinski definition) is 4. The van der Waals surface area contributed by atoms with Crippen molar-refractivity contribution in [2.24, 2.45) is 5.41 Å². The number of carbonyl (C=O) groups excluding carboxylic acids is 1. The molecule has 5 heteroatoms. The van der Waals surface area contributed by atoms with Crippen LogP contribution in [0.4, 0.5) is 0 Å². The fraction of sp³-hybridized carbons (Fsp3) is 0.833. The van der Waals surface area contributed by atoms with E-state index in [1.54, 1.807) is 4.90 Å². The Morgan fingerprint density at radius 1 is 1.47 bits per heavy atom. The van der Waals surface area contributed by atoms with Crippen molar-refractivity contribution in [3.8, 4) is 6.07 Å². The normalized spacial score (nSPS) is 23.2. The molecule has 5 nitrogen and oxygen atoms in total. The topological polar surface area (TPSA) is 73.6 Å². The molecule has 17 heavy (non-hydrogen) atoms. The first-order valence-electron chi connectivity index (χ1n) is 6.15. The van der Waals surface area contributed by atoms with Gasteiger partial charge in [-0.05, 0) is 25.7 Å². The number of aliphatic hydroxyl groups is 1. The molecule has 0 spiro atoms. The second-order valence-electron chi connectivity index (χ2n) is 4.78. The van der Waals surface area contributed by atoms with Crippen molar-refractivity contribution in [3.05, 3.63) is 0 Å². The largest absolute Gasteiger partial charge is 0.394 e. The van der Waals surface area contributed by atoms with Crippen LogP contribution in [0.1, 0.15) is 25.7 Å². The molecule has 94 valence electrons. The number of nitrogens with zero attached hydrogens (tertiary/aromatic N) is 2. The third kappa shape index (κ3) is 2.59. The van der Waals surface area contributed by atoms with Crippen molar-refractivity contribution in [2.45, 2.75) is 31.8 Å². The van der Waals surface area contributed by atoms with Crippen LogP contribution in [-0.4, -0.2) is 48.3 Å². The van der Waals surface area contributed by atoms with Crippen LogP contribution in [0.25, 0.3) is 0 Å². The molecule has 1 amide bonds. The summed E-state index contributed by atoms with van der Waals surface area (Å²) < 4.78 is 5.43. The maximum atomic E-state index is 12.1. The lowest BCUT2D eigenvalue weighted by Crippen LogP contribution is -2.44. The first-order valence-corrected chi connectivity index (χ1v) is 6.15. The van der Waals surface area contributed by atoms with Crippen LogP contribution in [0.15, 0.2) is 0 Å². The van der Waals surface area contributed by atoms with Crippen molar-refractivity contribution < 1.29 is 14.6 Å². The van der Waals surface area contributed by atoms with Crippen LogP contribution < -0.4 is 0 Å². The number of likely N-dealkylation sites (tertiary alicyclic amines) is 1. The van der Waals surface area contributed by atoms with Crippen molar-refractivity contribution in [3.63, 3.8) is 0 Å². The van der Waals surface area contributed by atoms with Gasteiger partial charge in [-0.25, -0.2) is 0 Å². The standard InChI is InChI=1S/C12H18N2O3/c13-9-12(3-4-12)11(16)14-5-1-10(2-6-14)17-8-7-15/h10,15H,1-8H2. The summed E-state index contributed by atoms with van der Waals surface area (Å²) in [6.07, 6.45) is 3.16. The second-order valence-corrected chi connectivity index (χ2v) is 4.78. The monoisotopic (exact) mass is 238 g/mol. The van der Waals surface area contributed by atoms with Gasteiger partial charge < -0.3 is 14.7 Å². The quantitative estimate of drug-likeness (QED) is 0.764. The summed E-state index contributed by atoms with van der Waals surface area (Å²) in [4.78, 5) is 13.8. The number of ether oxygens (including phenoxy) is 1. The van der Waals surface area contributed by atoms with Crippen molar-refractivity contribution in [1.29, 1.82) is 5.26 Å². The Bertz CT molecular complexity index is 325. The van der Waals surface area contributed by atoms with Gasteiger partial charge in [-0.2, -0.15) is 5.26 Å². The number of hydrogen-bond donors (Lipinski definition) is 1. The zero-order valence-corrected chi connectivity index (χ0v) is 9.89. The molecular formula is C12H18N2O3. The molecule has 0 bridgehead atoms. The molecule has 1 N–H and O–H groups in total. The van der Waals surface area contributed by atoms with Gasteiger partial charge >= 0.3 is 0 Å². The van der Waals surface area contributed by atoms with Gasteiger partial charge in [0.05, 0.1) is 25.4 Å². The van der Waals surface area contributed by atoms with Crippen LogP contribution >= 0.6 is 0 Å². The number of amides is 1. The summed E-state index contributed by atoms with van der Waals surface area (Å²) in [6.45, 7) is 1.73. The first-order chi connectivity index (χ1) is 8.22. The molecule has 2 aliphatic rings. The molecule has 0 unspecified atom stereocenters. The highest BCUT2D eigenvalue weighted by atomic mass is 16.5. The zero-order chi connectivity index (χ0) is 12.3. The van der Waals surface area contributed by atoms with E-state index in [4.69, 9.17) is 15.1 Å². The second kappa shape index (κ2) is 5.03. The van der Waals surface area contributed by atoms with Crippen LogP contribution in [0, 0.1) is 16.7 Å². The van der Waals surface area contributed by atoms with E-state index in [1.807, 2.05) is 0 Å². The van der Waals surface area contributed by atoms with E-state index < -0.39 is 5.41 Å². The third-order valence-electron chi connectivity index (χ3n) is 3.55. The molecule has 1 saturated heterocycles. The molecule has 2 fully saturated rings. The summed E-state index contributed by atoms with van der Waals surface area (Å²) in [7, 11) is 0. The van der Waals surface area contributed by atoms with Crippen LogP contribution in [0.5, 0.6) is 0 Å². The highest BCUT2D eigenvalue weighted by Gasteiger charge is 2.52. The Kier molecular flexibility index (Phi) is 3.65. The fourth-order valence-corrected chi connectivity index (χ4v) is 2.25. The van der Waals surface area contributed by atoms with Gasteiger partial charge in [-0.15, -0.1) is 0 Å². The summed E-state index contributed by atoms with van der Waals surface area (Å²) >= 11 is 0. The summed E-state index contributed by atoms with van der Waals surface area (Å²) in [6, 6.07) is 2.14. The van der Waals surface area contributed by atoms with E-state index in [-0.39, 0.29) is 18.6 Å². The maximum absolute atomic E-state index is 12.1. The molecule has 0 aromatic carbocycles. The van der Waals surface area contributed by atoms with Crippen LogP contribution in [0.3, 0.4) is 0 Å². The average Bonchev–Trinajstić information content (AvgIpc) is 3.17. The molecule has 0 aromatic rings. The van der Waals surface area contributed by atoms with E-state index in [1.165, 1.54) is 0 Å². The van der Waals surface area contributed by atoms with Crippen molar-refractivity contribution >= 4 is 5.91 Å². The average molecular weight is 238 g/mol. The van der Waals surface area contributed by atoms with Gasteiger partial charge in [0.25, 0.3) is 0 Å². The molecule has 1 aliphatic heterocycles. The maximum Gasteiger partial charge on any atom is 0.243 e. The number of carbonyl (C=O) groups is 1. The Balaban J connectivity index is 1.79. The third-order valence-corrected chi connectivity index (χ3v) is 3.55. The van der Waals surface area contributed by atoms with E-state index in [0.29, 0.717) is 32.5 Å². The van der Waals surface area contributed by atoms with Gasteiger partial charge in [0.15, 0.2) is 0 Å². The fourth-order valence-electron chi connectivity index (χ4n) is 2.25. The molecule has 0 atom stereocenters. The molecular weight excluding hydrogens is 220 g/mol. The van der Waals surface area contributed by atoms with Crippen molar-refractivity contribution in [1.82, 2.24) is 4.90 Å². The number of nitriles is 1. The molecule has 1 heterocycles. The van der Waals surface area contributed by atoms with Gasteiger partial charge in [-0.3, -0.25) is 4.79 Å². The lowest BCUT2D eigenvalue weighted by molar-refractivity contribution is -0.137. The molecule has 2 rings (SSSR count). The SMILES string of the molecule is N#CC1(C(=O)N2CCC(OCCO)CC2)CC1. The van der Waals surface area contributed by atoms with Gasteiger partial charge in [-0.1, -0.05) is 0 Å². The number of aliphatic hydroxyl groups excluding tert-OH is 1. The molecule has 0 radical (unpaired) electrons. The Labute approximate surface area is 101 Å². The molecule has 1 saturated carbocycles.